The molecule has 0 saturated carbocycles. The van der Waals surface area contributed by atoms with E-state index >= 15 is 0 Å². The number of nitrogens with one attached hydrogen (secondary N) is 1. The third kappa shape index (κ3) is 3.06. The van der Waals surface area contributed by atoms with Crippen molar-refractivity contribution in [3.63, 3.8) is 0 Å². The van der Waals surface area contributed by atoms with Crippen molar-refractivity contribution in [1.29, 1.82) is 0 Å². The molecule has 0 spiro atoms. The van der Waals surface area contributed by atoms with E-state index in [4.69, 9.17) is 5.73 Å². The molecule has 78 valence electrons. The van der Waals surface area contributed by atoms with Gasteiger partial charge in [0.1, 0.15) is 0 Å². The van der Waals surface area contributed by atoms with Gasteiger partial charge in [-0.25, -0.2) is 10.2 Å². The van der Waals surface area contributed by atoms with Gasteiger partial charge in [-0.3, -0.25) is 0 Å². The summed E-state index contributed by atoms with van der Waals surface area (Å²) in [5.41, 5.74) is 10.6. The highest BCUT2D eigenvalue weighted by molar-refractivity contribution is 7.99. The van der Waals surface area contributed by atoms with Gasteiger partial charge >= 0.3 is 6.03 Å². The van der Waals surface area contributed by atoms with Crippen LogP contribution in [-0.2, 0) is 0 Å². The van der Waals surface area contributed by atoms with Crippen LogP contribution in [0.1, 0.15) is 20.3 Å². The van der Waals surface area contributed by atoms with Crippen LogP contribution in [0.5, 0.6) is 0 Å². The second kappa shape index (κ2) is 5.05. The summed E-state index contributed by atoms with van der Waals surface area (Å²) < 4.78 is 0. The van der Waals surface area contributed by atoms with Crippen molar-refractivity contribution in [3.05, 3.63) is 11.1 Å². The van der Waals surface area contributed by atoms with Crippen LogP contribution in [0.3, 0.4) is 0 Å². The molecule has 0 atom stereocenters. The van der Waals surface area contributed by atoms with Gasteiger partial charge in [-0.15, -0.1) is 0 Å². The van der Waals surface area contributed by atoms with Gasteiger partial charge < -0.3 is 5.73 Å². The third-order valence-corrected chi connectivity index (χ3v) is 3.14. The number of nitrogens with zero attached hydrogens (tertiary/aromatic N) is 1. The minimum atomic E-state index is -0.619. The molecule has 1 rings (SSSR count). The van der Waals surface area contributed by atoms with Crippen molar-refractivity contribution in [3.8, 4) is 0 Å². The molecule has 0 aliphatic carbocycles. The molecule has 1 aliphatic heterocycles. The smallest absolute Gasteiger partial charge is 0.332 e. The molecule has 3 N–H and O–H groups in total. The van der Waals surface area contributed by atoms with E-state index in [0.29, 0.717) is 0 Å². The van der Waals surface area contributed by atoms with Crippen LogP contribution in [0.25, 0.3) is 0 Å². The minimum Gasteiger partial charge on any atom is -0.350 e. The summed E-state index contributed by atoms with van der Waals surface area (Å²) in [6, 6.07) is -0.619. The molecular formula is C9H15N3OS. The summed E-state index contributed by atoms with van der Waals surface area (Å²) in [4.78, 5) is 10.5. The number of rotatable bonds is 2. The summed E-state index contributed by atoms with van der Waals surface area (Å²) in [6.07, 6.45) is 1.10. The number of nitrogens with two attached hydrogens (primary N) is 1. The molecule has 14 heavy (non-hydrogen) atoms. The van der Waals surface area contributed by atoms with Crippen LogP contribution in [0.15, 0.2) is 16.2 Å². The predicted molar refractivity (Wildman–Crippen MR) is 60.5 cm³/mol. The Morgan fingerprint density at radius 3 is 2.93 bits per heavy atom. The molecule has 0 unspecified atom stereocenters. The molecule has 0 radical (unpaired) electrons. The number of hydrogen-bond donors (Lipinski definition) is 2. The normalized spacial score (nSPS) is 18.3. The van der Waals surface area contributed by atoms with E-state index < -0.39 is 6.03 Å². The van der Waals surface area contributed by atoms with Gasteiger partial charge in [-0.1, -0.05) is 5.57 Å². The minimum absolute atomic E-state index is 0.619. The molecule has 5 heteroatoms. The average Bonchev–Trinajstić information content (AvgIpc) is 2.15. The van der Waals surface area contributed by atoms with Gasteiger partial charge in [-0.05, 0) is 31.6 Å². The predicted octanol–water partition coefficient (Wildman–Crippen LogP) is 1.48. The first-order valence-electron chi connectivity index (χ1n) is 4.47. The van der Waals surface area contributed by atoms with Crippen molar-refractivity contribution in [2.75, 3.05) is 11.5 Å². The molecule has 0 aromatic heterocycles. The van der Waals surface area contributed by atoms with E-state index in [9.17, 15) is 4.79 Å². The fraction of sp³-hybridized carbons (Fsp3) is 0.556. The first-order valence-corrected chi connectivity index (χ1v) is 5.63. The molecule has 0 saturated heterocycles. The number of primary amides is 1. The van der Waals surface area contributed by atoms with Gasteiger partial charge in [-0.2, -0.15) is 16.9 Å². The molecule has 0 bridgehead atoms. The van der Waals surface area contributed by atoms with Gasteiger partial charge in [0.2, 0.25) is 0 Å². The molecule has 1 aliphatic rings. The fourth-order valence-electron chi connectivity index (χ4n) is 1.29. The number of carbonyl (C=O) groups is 1. The Bertz CT molecular complexity index is 296. The van der Waals surface area contributed by atoms with Crippen LogP contribution >= 0.6 is 11.8 Å². The number of hydrogen-bond acceptors (Lipinski definition) is 3. The lowest BCUT2D eigenvalue weighted by Crippen LogP contribution is -2.26. The molecule has 0 aromatic carbocycles. The van der Waals surface area contributed by atoms with Gasteiger partial charge in [0.15, 0.2) is 0 Å². The summed E-state index contributed by atoms with van der Waals surface area (Å²) in [5, 5.41) is 3.92. The third-order valence-electron chi connectivity index (χ3n) is 2.15. The lowest BCUT2D eigenvalue weighted by atomic mass is 10.1. The molecule has 0 fully saturated rings. The summed E-state index contributed by atoms with van der Waals surface area (Å²) >= 11 is 1.89. The van der Waals surface area contributed by atoms with Crippen LogP contribution in [0.4, 0.5) is 4.79 Å². The van der Waals surface area contributed by atoms with E-state index in [-0.39, 0.29) is 0 Å². The maximum Gasteiger partial charge on any atom is 0.332 e. The number of urea groups is 1. The van der Waals surface area contributed by atoms with E-state index in [2.05, 4.69) is 17.5 Å². The molecule has 1 heterocycles. The van der Waals surface area contributed by atoms with Crippen LogP contribution in [-0.4, -0.2) is 23.2 Å². The monoisotopic (exact) mass is 213 g/mol. The van der Waals surface area contributed by atoms with E-state index in [1.165, 1.54) is 16.9 Å². The molecule has 0 aromatic rings. The number of carbonyl (C=O) groups excluding carboxylic acids is 1. The zero-order valence-corrected chi connectivity index (χ0v) is 9.28. The largest absolute Gasteiger partial charge is 0.350 e. The Labute approximate surface area is 88.0 Å². The molecule has 4 nitrogen and oxygen atoms in total. The van der Waals surface area contributed by atoms with Crippen LogP contribution in [0.2, 0.25) is 0 Å². The zero-order valence-electron chi connectivity index (χ0n) is 8.46. The summed E-state index contributed by atoms with van der Waals surface area (Å²) in [7, 11) is 0. The topological polar surface area (TPSA) is 67.5 Å². The van der Waals surface area contributed by atoms with Crippen LogP contribution in [0, 0.1) is 0 Å². The summed E-state index contributed by atoms with van der Waals surface area (Å²) in [6.45, 7) is 4.00. The fourth-order valence-corrected chi connectivity index (χ4v) is 2.55. The average molecular weight is 213 g/mol. The van der Waals surface area contributed by atoms with Gasteiger partial charge in [0.25, 0.3) is 0 Å². The van der Waals surface area contributed by atoms with Crippen molar-refractivity contribution in [2.24, 2.45) is 10.8 Å². The second-order valence-electron chi connectivity index (χ2n) is 3.23. The first-order chi connectivity index (χ1) is 6.61. The second-order valence-corrected chi connectivity index (χ2v) is 4.34. The summed E-state index contributed by atoms with van der Waals surface area (Å²) in [5.74, 6) is 2.15. The van der Waals surface area contributed by atoms with Gasteiger partial charge in [0, 0.05) is 5.75 Å². The van der Waals surface area contributed by atoms with Crippen molar-refractivity contribution in [1.82, 2.24) is 5.43 Å². The van der Waals surface area contributed by atoms with Crippen molar-refractivity contribution >= 4 is 23.5 Å². The zero-order chi connectivity index (χ0) is 10.6. The SMILES string of the molecule is CC1=C(/C(C)=N/NC(N)=O)CSCC1. The maximum atomic E-state index is 10.5. The number of thioether (sulfide) groups is 1. The quantitative estimate of drug-likeness (QED) is 0.539. The highest BCUT2D eigenvalue weighted by Crippen LogP contribution is 2.23. The van der Waals surface area contributed by atoms with E-state index in [0.717, 1.165) is 17.9 Å². The standard InChI is InChI=1S/C9H15N3OS/c1-6-3-4-14-5-8(6)7(2)11-12-9(10)13/h3-5H2,1-2H3,(H3,10,12,13)/b11-7+. The Morgan fingerprint density at radius 1 is 1.64 bits per heavy atom. The molecule has 2 amide bonds. The van der Waals surface area contributed by atoms with Crippen molar-refractivity contribution in [2.45, 2.75) is 20.3 Å². The lowest BCUT2D eigenvalue weighted by Gasteiger charge is -2.16. The molecular weight excluding hydrogens is 198 g/mol. The Hall–Kier alpha value is -0.970. The highest BCUT2D eigenvalue weighted by Gasteiger charge is 2.11. The number of amides is 2. The number of allylic oxidation sites excluding steroid dienone is 1. The maximum absolute atomic E-state index is 10.5. The lowest BCUT2D eigenvalue weighted by molar-refractivity contribution is 0.249. The highest BCUT2D eigenvalue weighted by atomic mass is 32.2. The Balaban J connectivity index is 2.71. The Kier molecular flexibility index (Phi) is 4.00. The van der Waals surface area contributed by atoms with E-state index in [1.807, 2.05) is 18.7 Å². The Morgan fingerprint density at radius 2 is 2.36 bits per heavy atom. The van der Waals surface area contributed by atoms with Gasteiger partial charge in [0.05, 0.1) is 5.71 Å². The van der Waals surface area contributed by atoms with Crippen molar-refractivity contribution < 1.29 is 4.79 Å². The number of hydrazone groups is 1. The first kappa shape index (κ1) is 11.1. The van der Waals surface area contributed by atoms with Crippen LogP contribution < -0.4 is 11.2 Å². The van der Waals surface area contributed by atoms with E-state index in [1.54, 1.807) is 0 Å².